The molecule has 1 aromatic heterocycles. The van der Waals surface area contributed by atoms with Crippen LogP contribution in [0.1, 0.15) is 24.4 Å². The zero-order valence-electron chi connectivity index (χ0n) is 13.7. The second-order valence-corrected chi connectivity index (χ2v) is 6.48. The highest BCUT2D eigenvalue weighted by Crippen LogP contribution is 2.27. The Labute approximate surface area is 144 Å². The van der Waals surface area contributed by atoms with E-state index in [2.05, 4.69) is 29.4 Å². The van der Waals surface area contributed by atoms with E-state index in [1.165, 1.54) is 18.4 Å². The van der Waals surface area contributed by atoms with E-state index in [0.29, 0.717) is 28.1 Å². The van der Waals surface area contributed by atoms with Crippen molar-refractivity contribution in [3.05, 3.63) is 28.8 Å². The van der Waals surface area contributed by atoms with Crippen molar-refractivity contribution in [1.29, 1.82) is 5.26 Å². The Morgan fingerprint density at radius 3 is 2.83 bits per heavy atom. The van der Waals surface area contributed by atoms with Gasteiger partial charge in [0.25, 0.3) is 5.91 Å². The Morgan fingerprint density at radius 2 is 2.17 bits per heavy atom. The number of methoxy groups -OCH3 is 1. The third-order valence-electron chi connectivity index (χ3n) is 2.95. The first kappa shape index (κ1) is 17.7. The molecule has 0 saturated heterocycles. The summed E-state index contributed by atoms with van der Waals surface area (Å²) in [6.45, 7) is 4.00. The van der Waals surface area contributed by atoms with Crippen molar-refractivity contribution in [3.63, 3.8) is 0 Å². The zero-order valence-corrected chi connectivity index (χ0v) is 14.5. The number of benzene rings is 1. The van der Waals surface area contributed by atoms with Crippen molar-refractivity contribution < 1.29 is 14.3 Å². The first-order chi connectivity index (χ1) is 11.5. The summed E-state index contributed by atoms with van der Waals surface area (Å²) < 4.78 is 10.6. The lowest BCUT2D eigenvalue weighted by atomic mass is 10.1. The average molecular weight is 346 g/mol. The van der Waals surface area contributed by atoms with Gasteiger partial charge in [-0.2, -0.15) is 5.26 Å². The summed E-state index contributed by atoms with van der Waals surface area (Å²) in [4.78, 5) is 11.9. The number of nitrogens with zero attached hydrogens (tertiary/aromatic N) is 3. The molecule has 7 nitrogen and oxygen atoms in total. The van der Waals surface area contributed by atoms with Crippen LogP contribution in [-0.4, -0.2) is 29.8 Å². The lowest BCUT2D eigenvalue weighted by molar-refractivity contribution is -0.118. The summed E-state index contributed by atoms with van der Waals surface area (Å²) in [6, 6.07) is 6.75. The highest BCUT2D eigenvalue weighted by molar-refractivity contribution is 7.15. The van der Waals surface area contributed by atoms with E-state index in [0.717, 1.165) is 11.4 Å². The SMILES string of the molecule is COc1cc(C#N)ccc1OCC(=O)Nc1nnc(CC(C)C)s1. The second kappa shape index (κ2) is 8.26. The first-order valence-electron chi connectivity index (χ1n) is 7.35. The summed E-state index contributed by atoms with van der Waals surface area (Å²) in [6.07, 6.45) is 0.826. The van der Waals surface area contributed by atoms with Crippen molar-refractivity contribution in [2.75, 3.05) is 19.0 Å². The van der Waals surface area contributed by atoms with Gasteiger partial charge in [0.15, 0.2) is 18.1 Å². The fourth-order valence-electron chi connectivity index (χ4n) is 1.89. The Hall–Kier alpha value is -2.66. The molecule has 0 spiro atoms. The van der Waals surface area contributed by atoms with Crippen molar-refractivity contribution in [1.82, 2.24) is 10.2 Å². The van der Waals surface area contributed by atoms with Crippen LogP contribution in [0.25, 0.3) is 0 Å². The number of aromatic nitrogens is 2. The first-order valence-corrected chi connectivity index (χ1v) is 8.16. The van der Waals surface area contributed by atoms with Crippen LogP contribution >= 0.6 is 11.3 Å². The maximum Gasteiger partial charge on any atom is 0.264 e. The Kier molecular flexibility index (Phi) is 6.09. The molecule has 1 N–H and O–H groups in total. The molecule has 0 aliphatic heterocycles. The van der Waals surface area contributed by atoms with E-state index in [1.807, 2.05) is 6.07 Å². The molecule has 126 valence electrons. The van der Waals surface area contributed by atoms with Gasteiger partial charge in [-0.1, -0.05) is 25.2 Å². The standard InChI is InChI=1S/C16H18N4O3S/c1-10(2)6-15-19-20-16(24-15)18-14(21)9-23-12-5-4-11(8-17)7-13(12)22-3/h4-5,7,10H,6,9H2,1-3H3,(H,18,20,21). The summed E-state index contributed by atoms with van der Waals surface area (Å²) in [5.41, 5.74) is 0.454. The van der Waals surface area contributed by atoms with Crippen LogP contribution in [0.5, 0.6) is 11.5 Å². The third kappa shape index (κ3) is 4.93. The minimum absolute atomic E-state index is 0.193. The molecule has 2 aromatic rings. The number of nitriles is 1. The molecule has 0 radical (unpaired) electrons. The van der Waals surface area contributed by atoms with Crippen LogP contribution in [0.3, 0.4) is 0 Å². The van der Waals surface area contributed by atoms with Crippen LogP contribution in [0.15, 0.2) is 18.2 Å². The summed E-state index contributed by atoms with van der Waals surface area (Å²) in [7, 11) is 1.47. The number of ether oxygens (including phenoxy) is 2. The fraction of sp³-hybridized carbons (Fsp3) is 0.375. The topological polar surface area (TPSA) is 97.1 Å². The highest BCUT2D eigenvalue weighted by Gasteiger charge is 2.12. The smallest absolute Gasteiger partial charge is 0.264 e. The number of nitrogens with one attached hydrogen (secondary N) is 1. The van der Waals surface area contributed by atoms with Gasteiger partial charge in [-0.25, -0.2) is 0 Å². The quantitative estimate of drug-likeness (QED) is 0.828. The Balaban J connectivity index is 1.91. The van der Waals surface area contributed by atoms with Crippen LogP contribution in [-0.2, 0) is 11.2 Å². The highest BCUT2D eigenvalue weighted by atomic mass is 32.1. The molecular weight excluding hydrogens is 328 g/mol. The molecule has 24 heavy (non-hydrogen) atoms. The molecule has 2 rings (SSSR count). The van der Waals surface area contributed by atoms with Crippen LogP contribution < -0.4 is 14.8 Å². The van der Waals surface area contributed by atoms with Gasteiger partial charge in [0.2, 0.25) is 5.13 Å². The van der Waals surface area contributed by atoms with Gasteiger partial charge in [-0.05, 0) is 18.1 Å². The number of anilines is 1. The van der Waals surface area contributed by atoms with Gasteiger partial charge >= 0.3 is 0 Å². The number of carbonyl (C=O) groups excluding carboxylic acids is 1. The molecule has 0 aliphatic rings. The maximum atomic E-state index is 11.9. The number of rotatable bonds is 7. The molecular formula is C16H18N4O3S. The molecule has 1 amide bonds. The van der Waals surface area contributed by atoms with Crippen molar-refractivity contribution in [2.24, 2.45) is 5.92 Å². The largest absolute Gasteiger partial charge is 0.493 e. The average Bonchev–Trinajstić information content (AvgIpc) is 2.98. The molecule has 0 atom stereocenters. The Bertz CT molecular complexity index is 752. The number of amides is 1. The minimum atomic E-state index is -0.339. The molecule has 0 fully saturated rings. The van der Waals surface area contributed by atoms with Gasteiger partial charge in [0.1, 0.15) is 5.01 Å². The summed E-state index contributed by atoms with van der Waals surface area (Å²) in [5, 5.41) is 20.8. The van der Waals surface area contributed by atoms with Gasteiger partial charge < -0.3 is 9.47 Å². The minimum Gasteiger partial charge on any atom is -0.493 e. The van der Waals surface area contributed by atoms with Crippen molar-refractivity contribution in [3.8, 4) is 17.6 Å². The van der Waals surface area contributed by atoms with Gasteiger partial charge in [0.05, 0.1) is 18.7 Å². The molecule has 1 heterocycles. The summed E-state index contributed by atoms with van der Waals surface area (Å²) >= 11 is 1.35. The number of hydrogen-bond acceptors (Lipinski definition) is 7. The molecule has 0 saturated carbocycles. The molecule has 0 aliphatic carbocycles. The molecule has 8 heteroatoms. The number of carbonyl (C=O) groups is 1. The van der Waals surface area contributed by atoms with Crippen LogP contribution in [0.2, 0.25) is 0 Å². The Morgan fingerprint density at radius 1 is 1.38 bits per heavy atom. The second-order valence-electron chi connectivity index (χ2n) is 5.41. The van der Waals surface area contributed by atoms with Crippen molar-refractivity contribution in [2.45, 2.75) is 20.3 Å². The molecule has 0 unspecified atom stereocenters. The van der Waals surface area contributed by atoms with Crippen molar-refractivity contribution >= 4 is 22.4 Å². The predicted molar refractivity (Wildman–Crippen MR) is 90.3 cm³/mol. The van der Waals surface area contributed by atoms with E-state index in [1.54, 1.807) is 18.2 Å². The monoisotopic (exact) mass is 346 g/mol. The summed E-state index contributed by atoms with van der Waals surface area (Å²) in [5.74, 6) is 0.934. The molecule has 1 aromatic carbocycles. The predicted octanol–water partition coefficient (Wildman–Crippen LogP) is 2.63. The lowest BCUT2D eigenvalue weighted by Gasteiger charge is -2.10. The normalized spacial score (nSPS) is 10.3. The maximum absolute atomic E-state index is 11.9. The molecule has 0 bridgehead atoms. The van der Waals surface area contributed by atoms with E-state index in [-0.39, 0.29) is 12.5 Å². The van der Waals surface area contributed by atoms with Crippen LogP contribution in [0.4, 0.5) is 5.13 Å². The van der Waals surface area contributed by atoms with E-state index < -0.39 is 0 Å². The van der Waals surface area contributed by atoms with Gasteiger partial charge in [-0.15, -0.1) is 10.2 Å². The zero-order chi connectivity index (χ0) is 17.5. The van der Waals surface area contributed by atoms with Gasteiger partial charge in [-0.3, -0.25) is 10.1 Å². The van der Waals surface area contributed by atoms with E-state index in [4.69, 9.17) is 14.7 Å². The van der Waals surface area contributed by atoms with Gasteiger partial charge in [0, 0.05) is 12.5 Å². The van der Waals surface area contributed by atoms with E-state index in [9.17, 15) is 4.79 Å². The lowest BCUT2D eigenvalue weighted by Crippen LogP contribution is -2.20. The van der Waals surface area contributed by atoms with Crippen LogP contribution in [0, 0.1) is 17.2 Å². The number of hydrogen-bond donors (Lipinski definition) is 1. The van der Waals surface area contributed by atoms with E-state index >= 15 is 0 Å². The fourth-order valence-corrected chi connectivity index (χ4v) is 2.86. The third-order valence-corrected chi connectivity index (χ3v) is 3.81.